The van der Waals surface area contributed by atoms with E-state index in [0.29, 0.717) is 12.0 Å². The summed E-state index contributed by atoms with van der Waals surface area (Å²) in [6, 6.07) is 1.09. The highest BCUT2D eigenvalue weighted by Crippen LogP contribution is 2.30. The number of amides is 4. The number of aliphatic imine (C=N–C) groups is 1. The Hall–Kier alpha value is -4.22. The summed E-state index contributed by atoms with van der Waals surface area (Å²) < 4.78 is 5.57. The molecule has 47 heavy (non-hydrogen) atoms. The number of carbonyl (C=O) groups is 5. The first kappa shape index (κ1) is 39.0. The predicted octanol–water partition coefficient (Wildman–Crippen LogP) is -1.08. The average molecular weight is 727 g/mol. The van der Waals surface area contributed by atoms with Crippen LogP contribution < -0.4 is 33.2 Å². The van der Waals surface area contributed by atoms with Crippen molar-refractivity contribution >= 4 is 51.5 Å². The number of fused-ring (bicyclic) bond motifs is 1. The number of aliphatic hydroxyl groups is 2. The Morgan fingerprint density at radius 3 is 2.38 bits per heavy atom. The Morgan fingerprint density at radius 2 is 1.79 bits per heavy atom. The molecule has 0 spiro atoms. The highest BCUT2D eigenvalue weighted by atomic mass is 79.9. The second-order valence-electron chi connectivity index (χ2n) is 11.7. The normalized spacial score (nSPS) is 17.6. The third kappa shape index (κ3) is 11.8. The molecule has 0 fully saturated rings. The van der Waals surface area contributed by atoms with Crippen LogP contribution in [0.2, 0.25) is 0 Å². The van der Waals surface area contributed by atoms with Gasteiger partial charge in [0.2, 0.25) is 17.7 Å². The van der Waals surface area contributed by atoms with Crippen LogP contribution >= 0.6 is 15.9 Å². The zero-order chi connectivity index (χ0) is 35.4. The van der Waals surface area contributed by atoms with Crippen LogP contribution in [-0.4, -0.2) is 93.9 Å². The minimum atomic E-state index is -2.09. The number of aromatic hydroxyl groups is 1. The number of aliphatic hydroxyl groups excluding tert-OH is 2. The molecule has 12 N–H and O–H groups in total. The van der Waals surface area contributed by atoms with Gasteiger partial charge in [0.1, 0.15) is 29.6 Å². The molecule has 2 rings (SSSR count). The summed E-state index contributed by atoms with van der Waals surface area (Å²) in [7, 11) is 0. The number of esters is 1. The summed E-state index contributed by atoms with van der Waals surface area (Å²) >= 11 is 3.02. The lowest BCUT2D eigenvalue weighted by Crippen LogP contribution is -2.59. The Morgan fingerprint density at radius 1 is 1.11 bits per heavy atom. The summed E-state index contributed by atoms with van der Waals surface area (Å²) in [6.07, 6.45) is -4.76. The first-order valence-corrected chi connectivity index (χ1v) is 15.9. The van der Waals surface area contributed by atoms with E-state index >= 15 is 0 Å². The number of phenolic OH excluding ortho intramolecular Hbond substituents is 1. The third-order valence-electron chi connectivity index (χ3n) is 7.36. The smallest absolute Gasteiger partial charge is 0.342 e. The molecule has 4 amide bonds. The van der Waals surface area contributed by atoms with Gasteiger partial charge in [-0.3, -0.25) is 24.2 Å². The number of hydrogen-bond acceptors (Lipinski definition) is 10. The van der Waals surface area contributed by atoms with Gasteiger partial charge in [0.25, 0.3) is 5.91 Å². The Balaban J connectivity index is 2.28. The fraction of sp³-hybridized carbons (Fsp3) is 0.533. The van der Waals surface area contributed by atoms with E-state index < -0.39 is 72.5 Å². The molecule has 0 saturated carbocycles. The average Bonchev–Trinajstić information content (AvgIpc) is 2.99. The van der Waals surface area contributed by atoms with Crippen LogP contribution in [0.4, 0.5) is 0 Å². The van der Waals surface area contributed by atoms with Crippen molar-refractivity contribution < 1.29 is 44.0 Å². The number of primary amides is 1. The molecule has 16 nitrogen and oxygen atoms in total. The zero-order valence-corrected chi connectivity index (χ0v) is 28.0. The Labute approximate surface area is 280 Å². The van der Waals surface area contributed by atoms with E-state index in [1.54, 1.807) is 12.1 Å². The lowest BCUT2D eigenvalue weighted by Gasteiger charge is -2.34. The van der Waals surface area contributed by atoms with E-state index in [1.165, 1.54) is 18.0 Å². The topological polar surface area (TPSA) is 282 Å². The number of halogens is 1. The molecule has 1 aromatic rings. The molecule has 0 saturated heterocycles. The van der Waals surface area contributed by atoms with Gasteiger partial charge in [0.15, 0.2) is 12.1 Å². The van der Waals surface area contributed by atoms with Gasteiger partial charge in [-0.15, -0.1) is 0 Å². The van der Waals surface area contributed by atoms with Gasteiger partial charge < -0.3 is 53.2 Å². The van der Waals surface area contributed by atoms with E-state index in [-0.39, 0.29) is 54.6 Å². The van der Waals surface area contributed by atoms with E-state index in [1.807, 2.05) is 13.8 Å². The first-order valence-electron chi connectivity index (χ1n) is 15.0. The molecule has 0 aliphatic carbocycles. The third-order valence-corrected chi connectivity index (χ3v) is 8.05. The quantitative estimate of drug-likeness (QED) is 0.0306. The van der Waals surface area contributed by atoms with Crippen LogP contribution in [0.25, 0.3) is 0 Å². The van der Waals surface area contributed by atoms with Gasteiger partial charge in [-0.2, -0.15) is 0 Å². The maximum Gasteiger partial charge on any atom is 0.342 e. The summed E-state index contributed by atoms with van der Waals surface area (Å²) in [6.45, 7) is 5.31. The predicted molar refractivity (Wildman–Crippen MR) is 175 cm³/mol. The van der Waals surface area contributed by atoms with E-state index in [2.05, 4.69) is 36.9 Å². The number of rotatable bonds is 17. The summed E-state index contributed by atoms with van der Waals surface area (Å²) in [5.74, 6) is -4.67. The molecule has 1 aliphatic rings. The summed E-state index contributed by atoms with van der Waals surface area (Å²) in [4.78, 5) is 68.6. The number of guanidine groups is 1. The minimum Gasteiger partial charge on any atom is -0.507 e. The molecular weight excluding hydrogens is 682 g/mol. The number of hydrogen-bond donors (Lipinski definition) is 9. The largest absolute Gasteiger partial charge is 0.507 e. The van der Waals surface area contributed by atoms with Crippen LogP contribution in [0, 0.1) is 5.92 Å². The van der Waals surface area contributed by atoms with E-state index in [4.69, 9.17) is 21.9 Å². The van der Waals surface area contributed by atoms with Gasteiger partial charge in [-0.25, -0.2) is 4.79 Å². The molecule has 1 aromatic carbocycles. The Bertz CT molecular complexity index is 1370. The molecule has 0 bridgehead atoms. The van der Waals surface area contributed by atoms with Gasteiger partial charge in [-0.1, -0.05) is 41.9 Å². The van der Waals surface area contributed by atoms with Crippen molar-refractivity contribution in [2.24, 2.45) is 28.1 Å². The van der Waals surface area contributed by atoms with Crippen molar-refractivity contribution in [3.8, 4) is 5.75 Å². The molecule has 0 unspecified atom stereocenters. The van der Waals surface area contributed by atoms with Crippen molar-refractivity contribution in [2.75, 3.05) is 6.54 Å². The number of cyclic esters (lactones) is 1. The molecule has 260 valence electrons. The summed E-state index contributed by atoms with van der Waals surface area (Å²) in [5, 5.41) is 39.8. The van der Waals surface area contributed by atoms with E-state index in [9.17, 15) is 39.3 Å². The summed E-state index contributed by atoms with van der Waals surface area (Å²) in [5.41, 5.74) is 16.8. The zero-order valence-electron chi connectivity index (χ0n) is 26.4. The maximum atomic E-state index is 13.3. The van der Waals surface area contributed by atoms with Crippen LogP contribution in [0.5, 0.6) is 5.75 Å². The van der Waals surface area contributed by atoms with Gasteiger partial charge in [0, 0.05) is 18.5 Å². The number of nitrogens with zero attached hydrogens (tertiary/aromatic N) is 1. The standard InChI is InChI=1S/C30H44BrN7O9/c1-14(2)10-18(21-11-16-6-4-8-20(39)23(16)29(46)47-21)37-28(45)25(42)24(41)17(7-5-9-35-30(33)34)36-27(44)19(12-22(32)40)38-26(43)15(3)13-31/h4,6,8,13-14,17-19,21,24-25,39,41-42H,5,7,9-12H2,1-3H3,(H2,32,40)(H,36,44)(H,37,45)(H,38,43)(H4,33,34,35)/b15-13+/t17-,18-,19+,21-,24-,25-/m0/s1. The number of nitrogens with one attached hydrogen (secondary N) is 3. The van der Waals surface area contributed by atoms with Crippen LogP contribution in [0.1, 0.15) is 62.4 Å². The van der Waals surface area contributed by atoms with Crippen molar-refractivity contribution in [2.45, 2.75) is 89.3 Å². The van der Waals surface area contributed by atoms with Crippen molar-refractivity contribution in [3.63, 3.8) is 0 Å². The number of phenols is 1. The lowest BCUT2D eigenvalue weighted by molar-refractivity contribution is -0.140. The van der Waals surface area contributed by atoms with Crippen LogP contribution in [0.15, 0.2) is 33.7 Å². The second kappa shape index (κ2) is 18.2. The molecule has 6 atom stereocenters. The molecule has 0 radical (unpaired) electrons. The first-order chi connectivity index (χ1) is 22.0. The van der Waals surface area contributed by atoms with Crippen molar-refractivity contribution in [1.29, 1.82) is 0 Å². The van der Waals surface area contributed by atoms with Crippen LogP contribution in [0.3, 0.4) is 0 Å². The van der Waals surface area contributed by atoms with Crippen molar-refractivity contribution in [1.82, 2.24) is 16.0 Å². The fourth-order valence-electron chi connectivity index (χ4n) is 4.99. The fourth-order valence-corrected chi connectivity index (χ4v) is 5.20. The maximum absolute atomic E-state index is 13.3. The van der Waals surface area contributed by atoms with E-state index in [0.717, 1.165) is 0 Å². The number of ether oxygens (including phenoxy) is 1. The van der Waals surface area contributed by atoms with Gasteiger partial charge >= 0.3 is 5.97 Å². The van der Waals surface area contributed by atoms with Gasteiger partial charge in [-0.05, 0) is 48.7 Å². The lowest BCUT2D eigenvalue weighted by atomic mass is 9.90. The number of benzene rings is 1. The highest BCUT2D eigenvalue weighted by Gasteiger charge is 2.39. The monoisotopic (exact) mass is 725 g/mol. The molecule has 17 heteroatoms. The number of nitrogens with two attached hydrogens (primary N) is 3. The molecule has 0 aromatic heterocycles. The van der Waals surface area contributed by atoms with Crippen molar-refractivity contribution in [3.05, 3.63) is 39.9 Å². The molecule has 1 aliphatic heterocycles. The highest BCUT2D eigenvalue weighted by molar-refractivity contribution is 9.11. The van der Waals surface area contributed by atoms with Crippen LogP contribution in [-0.2, 0) is 30.3 Å². The molecule has 1 heterocycles. The second-order valence-corrected chi connectivity index (χ2v) is 12.1. The van der Waals surface area contributed by atoms with Gasteiger partial charge in [0.05, 0.1) is 18.5 Å². The SMILES string of the molecule is C/C(=C\Br)C(=O)N[C@H](CC(N)=O)C(=O)N[C@@H](CCCN=C(N)N)[C@H](O)[C@H](O)C(=O)N[C@@H](CC(C)C)[C@@H]1Cc2cccc(O)c2C(=O)O1. The number of carbonyl (C=O) groups excluding carboxylic acids is 5. The Kier molecular flexibility index (Phi) is 15.1. The minimum absolute atomic E-state index is 0.00893. The molecular formula is C30H44BrN7O9.